The zero-order valence-corrected chi connectivity index (χ0v) is 12.2. The maximum absolute atomic E-state index is 11.7. The lowest BCUT2D eigenvalue weighted by Crippen LogP contribution is -2.39. The molecule has 4 nitrogen and oxygen atoms in total. The smallest absolute Gasteiger partial charge is 0.221 e. The lowest BCUT2D eigenvalue weighted by Gasteiger charge is -2.11. The highest BCUT2D eigenvalue weighted by molar-refractivity contribution is 7.93. The van der Waals surface area contributed by atoms with Gasteiger partial charge in [-0.1, -0.05) is 19.1 Å². The second-order valence-corrected chi connectivity index (χ2v) is 7.44. The highest BCUT2D eigenvalue weighted by Crippen LogP contribution is 2.17. The van der Waals surface area contributed by atoms with E-state index < -0.39 is 15.3 Å². The Labute approximate surface area is 111 Å². The molecular weight excluding hydrogens is 276 g/mol. The summed E-state index contributed by atoms with van der Waals surface area (Å²) in [6.07, 6.45) is 0.959. The van der Waals surface area contributed by atoms with E-state index in [0.29, 0.717) is 6.54 Å². The molecule has 7 heteroatoms. The molecule has 0 spiro atoms. The fourth-order valence-electron chi connectivity index (χ4n) is 1.16. The van der Waals surface area contributed by atoms with Gasteiger partial charge >= 0.3 is 0 Å². The molecule has 0 aliphatic heterocycles. The van der Waals surface area contributed by atoms with Gasteiger partial charge in [0.25, 0.3) is 0 Å². The van der Waals surface area contributed by atoms with Gasteiger partial charge < -0.3 is 5.73 Å². The zero-order valence-electron chi connectivity index (χ0n) is 9.76. The van der Waals surface area contributed by atoms with Gasteiger partial charge in [0.15, 0.2) is 0 Å². The molecule has 0 aliphatic rings. The average molecular weight is 292 g/mol. The topological polar surface area (TPSA) is 72.2 Å². The summed E-state index contributed by atoms with van der Waals surface area (Å²) in [4.78, 5) is 2.21. The molecule has 1 rings (SSSR count). The molecule has 1 aromatic heterocycles. The Hall–Kier alpha value is -0.500. The minimum atomic E-state index is -3.46. The molecule has 1 atom stereocenters. The first-order valence-corrected chi connectivity index (χ1v) is 7.99. The monoisotopic (exact) mass is 292 g/mol. The van der Waals surface area contributed by atoms with E-state index >= 15 is 0 Å². The summed E-state index contributed by atoms with van der Waals surface area (Å²) in [5, 5.41) is -0.844. The molecule has 0 amide bonds. The maximum atomic E-state index is 11.7. The van der Waals surface area contributed by atoms with E-state index in [0.717, 1.165) is 11.3 Å². The van der Waals surface area contributed by atoms with Crippen molar-refractivity contribution in [2.24, 2.45) is 5.73 Å². The van der Waals surface area contributed by atoms with Gasteiger partial charge in [-0.3, -0.25) is 0 Å². The van der Waals surface area contributed by atoms with Crippen LogP contribution in [-0.2, 0) is 23.0 Å². The second kappa shape index (κ2) is 5.90. The van der Waals surface area contributed by atoms with Crippen molar-refractivity contribution in [1.29, 1.82) is 0 Å². The Morgan fingerprint density at radius 1 is 1.53 bits per heavy atom. The standard InChI is InChI=1S/C10H16N2O2S3/c1-3-8-4-5-9(16-8)6-12-17(13,14)7(2)10(11)15/h4-5,7,12H,3,6H2,1-2H3,(H2,11,15). The molecule has 0 saturated heterocycles. The normalized spacial score (nSPS) is 13.5. The summed E-state index contributed by atoms with van der Waals surface area (Å²) in [5.41, 5.74) is 5.33. The Bertz CT molecular complexity index is 493. The third kappa shape index (κ3) is 4.02. The third-order valence-corrected chi connectivity index (χ3v) is 5.84. The van der Waals surface area contributed by atoms with Crippen LogP contribution in [-0.4, -0.2) is 18.7 Å². The van der Waals surface area contributed by atoms with Gasteiger partial charge in [-0.25, -0.2) is 13.1 Å². The van der Waals surface area contributed by atoms with Crippen molar-refractivity contribution in [3.8, 4) is 0 Å². The van der Waals surface area contributed by atoms with Crippen LogP contribution in [0.4, 0.5) is 0 Å². The molecule has 0 radical (unpaired) electrons. The number of aryl methyl sites for hydroxylation is 1. The number of nitrogens with one attached hydrogen (secondary N) is 1. The van der Waals surface area contributed by atoms with Crippen LogP contribution < -0.4 is 10.5 Å². The first-order valence-electron chi connectivity index (χ1n) is 5.22. The lowest BCUT2D eigenvalue weighted by molar-refractivity contribution is 0.578. The summed E-state index contributed by atoms with van der Waals surface area (Å²) in [6.45, 7) is 3.84. The first-order chi connectivity index (χ1) is 7.86. The lowest BCUT2D eigenvalue weighted by atomic mass is 10.4. The van der Waals surface area contributed by atoms with Gasteiger partial charge in [-0.15, -0.1) is 11.3 Å². The molecule has 0 bridgehead atoms. The Kier molecular flexibility index (Phi) is 5.05. The van der Waals surface area contributed by atoms with Crippen molar-refractivity contribution >= 4 is 38.6 Å². The quantitative estimate of drug-likeness (QED) is 0.778. The molecular formula is C10H16N2O2S3. The SMILES string of the molecule is CCc1ccc(CNS(=O)(=O)C(C)C(N)=S)s1. The van der Waals surface area contributed by atoms with Crippen molar-refractivity contribution in [2.75, 3.05) is 0 Å². The summed E-state index contributed by atoms with van der Waals surface area (Å²) in [7, 11) is -3.46. The van der Waals surface area contributed by atoms with E-state index in [1.165, 1.54) is 11.8 Å². The molecule has 0 aromatic carbocycles. The average Bonchev–Trinajstić information content (AvgIpc) is 2.73. The van der Waals surface area contributed by atoms with Crippen LogP contribution in [0.3, 0.4) is 0 Å². The van der Waals surface area contributed by atoms with Crippen LogP contribution >= 0.6 is 23.6 Å². The van der Waals surface area contributed by atoms with Crippen molar-refractivity contribution in [1.82, 2.24) is 4.72 Å². The number of sulfonamides is 1. The van der Waals surface area contributed by atoms with Crippen molar-refractivity contribution in [2.45, 2.75) is 32.1 Å². The Balaban J connectivity index is 2.64. The number of hydrogen-bond donors (Lipinski definition) is 2. The van der Waals surface area contributed by atoms with Crippen molar-refractivity contribution in [3.05, 3.63) is 21.9 Å². The second-order valence-electron chi connectivity index (χ2n) is 3.63. The number of hydrogen-bond acceptors (Lipinski definition) is 4. The molecule has 17 heavy (non-hydrogen) atoms. The van der Waals surface area contributed by atoms with Gasteiger partial charge in [0, 0.05) is 16.3 Å². The van der Waals surface area contributed by atoms with Crippen LogP contribution in [0.15, 0.2) is 12.1 Å². The van der Waals surface area contributed by atoms with Crippen molar-refractivity contribution < 1.29 is 8.42 Å². The molecule has 0 aliphatic carbocycles. The minimum Gasteiger partial charge on any atom is -0.392 e. The predicted molar refractivity (Wildman–Crippen MR) is 75.7 cm³/mol. The fraction of sp³-hybridized carbons (Fsp3) is 0.500. The molecule has 1 heterocycles. The number of thiophene rings is 1. The van der Waals surface area contributed by atoms with Gasteiger partial charge in [0.2, 0.25) is 10.0 Å². The van der Waals surface area contributed by atoms with E-state index in [-0.39, 0.29) is 4.99 Å². The van der Waals surface area contributed by atoms with Gasteiger partial charge in [0.05, 0.1) is 4.99 Å². The molecule has 96 valence electrons. The largest absolute Gasteiger partial charge is 0.392 e. The van der Waals surface area contributed by atoms with Crippen molar-refractivity contribution in [3.63, 3.8) is 0 Å². The third-order valence-electron chi connectivity index (χ3n) is 2.38. The van der Waals surface area contributed by atoms with Crippen LogP contribution in [0.5, 0.6) is 0 Å². The summed E-state index contributed by atoms with van der Waals surface area (Å²) >= 11 is 6.28. The Morgan fingerprint density at radius 2 is 2.12 bits per heavy atom. The molecule has 0 saturated carbocycles. The van der Waals surface area contributed by atoms with E-state index in [9.17, 15) is 8.42 Å². The van der Waals surface area contributed by atoms with E-state index in [1.807, 2.05) is 12.1 Å². The van der Waals surface area contributed by atoms with Gasteiger partial charge in [0.1, 0.15) is 5.25 Å². The molecule has 3 N–H and O–H groups in total. The van der Waals surface area contributed by atoms with E-state index in [1.54, 1.807) is 11.3 Å². The number of rotatable bonds is 6. The number of thiocarbonyl (C=S) groups is 1. The van der Waals surface area contributed by atoms with E-state index in [4.69, 9.17) is 5.73 Å². The van der Waals surface area contributed by atoms with E-state index in [2.05, 4.69) is 23.9 Å². The fourth-order valence-corrected chi connectivity index (χ4v) is 3.44. The zero-order chi connectivity index (χ0) is 13.1. The van der Waals surface area contributed by atoms with Crippen LogP contribution in [0.2, 0.25) is 0 Å². The van der Waals surface area contributed by atoms with Crippen LogP contribution in [0.1, 0.15) is 23.6 Å². The highest BCUT2D eigenvalue weighted by Gasteiger charge is 2.22. The summed E-state index contributed by atoms with van der Waals surface area (Å²) < 4.78 is 26.0. The van der Waals surface area contributed by atoms with Gasteiger partial charge in [-0.05, 0) is 25.5 Å². The molecule has 1 aromatic rings. The number of nitrogens with two attached hydrogens (primary N) is 1. The minimum absolute atomic E-state index is 0.0158. The highest BCUT2D eigenvalue weighted by atomic mass is 32.2. The Morgan fingerprint density at radius 3 is 2.59 bits per heavy atom. The summed E-state index contributed by atoms with van der Waals surface area (Å²) in [5.74, 6) is 0. The molecule has 1 unspecified atom stereocenters. The predicted octanol–water partition coefficient (Wildman–Crippen LogP) is 1.40. The van der Waals surface area contributed by atoms with Crippen LogP contribution in [0, 0.1) is 0 Å². The molecule has 0 fully saturated rings. The maximum Gasteiger partial charge on any atom is 0.221 e. The first kappa shape index (κ1) is 14.6. The van der Waals surface area contributed by atoms with Gasteiger partial charge in [-0.2, -0.15) is 0 Å². The van der Waals surface area contributed by atoms with Crippen LogP contribution in [0.25, 0.3) is 0 Å². The summed E-state index contributed by atoms with van der Waals surface area (Å²) in [6, 6.07) is 3.93.